The van der Waals surface area contributed by atoms with Gasteiger partial charge in [-0.05, 0) is 19.1 Å². The number of hydrazone groups is 1. The number of nitrogens with zero attached hydrogens (tertiary/aromatic N) is 1. The smallest absolute Gasteiger partial charge is 0.142 e. The number of hydrogen-bond acceptors (Lipinski definition) is 2. The van der Waals surface area contributed by atoms with Gasteiger partial charge in [0.2, 0.25) is 0 Å². The molecule has 2 N–H and O–H groups in total. The lowest BCUT2D eigenvalue weighted by Crippen LogP contribution is -1.99. The van der Waals surface area contributed by atoms with Gasteiger partial charge < -0.3 is 5.84 Å². The molecule has 0 bridgehead atoms. The Labute approximate surface area is 74.8 Å². The second-order valence-corrected chi connectivity index (χ2v) is 2.75. The SMILES string of the molecule is C/C(=N/N)c1ccc(Cl)c(F)c1. The zero-order valence-corrected chi connectivity index (χ0v) is 7.27. The minimum Gasteiger partial charge on any atom is -0.323 e. The lowest BCUT2D eigenvalue weighted by atomic mass is 10.1. The molecule has 0 radical (unpaired) electrons. The van der Waals surface area contributed by atoms with Crippen molar-refractivity contribution in [2.75, 3.05) is 0 Å². The van der Waals surface area contributed by atoms with E-state index < -0.39 is 5.82 Å². The third kappa shape index (κ3) is 1.74. The number of benzene rings is 1. The van der Waals surface area contributed by atoms with Crippen LogP contribution >= 0.6 is 11.6 Å². The van der Waals surface area contributed by atoms with Crippen LogP contribution in [-0.2, 0) is 0 Å². The van der Waals surface area contributed by atoms with Crippen molar-refractivity contribution in [3.8, 4) is 0 Å². The Morgan fingerprint density at radius 2 is 2.25 bits per heavy atom. The molecule has 2 nitrogen and oxygen atoms in total. The fourth-order valence-corrected chi connectivity index (χ4v) is 0.913. The third-order valence-electron chi connectivity index (χ3n) is 1.53. The van der Waals surface area contributed by atoms with Crippen LogP contribution in [0.2, 0.25) is 5.02 Å². The van der Waals surface area contributed by atoms with E-state index in [0.29, 0.717) is 11.3 Å². The van der Waals surface area contributed by atoms with Crippen LogP contribution in [-0.4, -0.2) is 5.71 Å². The summed E-state index contributed by atoms with van der Waals surface area (Å²) in [5, 5.41) is 3.54. The first-order valence-electron chi connectivity index (χ1n) is 3.35. The molecule has 0 aliphatic carbocycles. The average molecular weight is 187 g/mol. The third-order valence-corrected chi connectivity index (χ3v) is 1.84. The van der Waals surface area contributed by atoms with E-state index in [1.54, 1.807) is 13.0 Å². The van der Waals surface area contributed by atoms with Gasteiger partial charge in [-0.25, -0.2) is 4.39 Å². The molecule has 1 aromatic rings. The van der Waals surface area contributed by atoms with Crippen LogP contribution in [0.1, 0.15) is 12.5 Å². The van der Waals surface area contributed by atoms with Crippen LogP contribution < -0.4 is 5.84 Å². The van der Waals surface area contributed by atoms with Gasteiger partial charge >= 0.3 is 0 Å². The van der Waals surface area contributed by atoms with E-state index in [4.69, 9.17) is 17.4 Å². The van der Waals surface area contributed by atoms with E-state index in [1.165, 1.54) is 12.1 Å². The molecule has 0 saturated carbocycles. The van der Waals surface area contributed by atoms with Crippen LogP contribution in [0.3, 0.4) is 0 Å². The molecular weight excluding hydrogens is 179 g/mol. The maximum Gasteiger partial charge on any atom is 0.142 e. The fraction of sp³-hybridized carbons (Fsp3) is 0.125. The van der Waals surface area contributed by atoms with E-state index >= 15 is 0 Å². The summed E-state index contributed by atoms with van der Waals surface area (Å²) in [5.41, 5.74) is 1.21. The van der Waals surface area contributed by atoms with Crippen LogP contribution in [0, 0.1) is 5.82 Å². The molecule has 1 aromatic carbocycles. The first-order valence-corrected chi connectivity index (χ1v) is 3.73. The summed E-state index contributed by atoms with van der Waals surface area (Å²) in [6.07, 6.45) is 0. The quantitative estimate of drug-likeness (QED) is 0.408. The standard InChI is InChI=1S/C8H8ClFN2/c1-5(12-11)6-2-3-7(9)8(10)4-6/h2-4H,11H2,1H3/b12-5-. The minimum absolute atomic E-state index is 0.101. The van der Waals surface area contributed by atoms with Crippen molar-refractivity contribution >= 4 is 17.3 Å². The summed E-state index contributed by atoms with van der Waals surface area (Å²) < 4.78 is 12.8. The lowest BCUT2D eigenvalue weighted by molar-refractivity contribution is 0.628. The molecule has 12 heavy (non-hydrogen) atoms. The normalized spacial score (nSPS) is 11.8. The summed E-state index contributed by atoms with van der Waals surface area (Å²) in [5.74, 6) is 4.56. The van der Waals surface area contributed by atoms with Crippen LogP contribution in [0.5, 0.6) is 0 Å². The van der Waals surface area contributed by atoms with Crippen molar-refractivity contribution in [3.63, 3.8) is 0 Å². The molecule has 0 atom stereocenters. The van der Waals surface area contributed by atoms with E-state index in [-0.39, 0.29) is 5.02 Å². The molecule has 0 unspecified atom stereocenters. The summed E-state index contributed by atoms with van der Waals surface area (Å²) in [7, 11) is 0. The zero-order valence-electron chi connectivity index (χ0n) is 6.51. The maximum atomic E-state index is 12.8. The van der Waals surface area contributed by atoms with Gasteiger partial charge in [0.1, 0.15) is 5.82 Å². The molecule has 0 aromatic heterocycles. The van der Waals surface area contributed by atoms with Crippen molar-refractivity contribution in [2.24, 2.45) is 10.9 Å². The van der Waals surface area contributed by atoms with Gasteiger partial charge in [-0.2, -0.15) is 5.10 Å². The van der Waals surface area contributed by atoms with Crippen LogP contribution in [0.15, 0.2) is 23.3 Å². The zero-order chi connectivity index (χ0) is 9.14. The van der Waals surface area contributed by atoms with Crippen LogP contribution in [0.4, 0.5) is 4.39 Å². The monoisotopic (exact) mass is 186 g/mol. The van der Waals surface area contributed by atoms with Gasteiger partial charge in [-0.3, -0.25) is 0 Å². The predicted molar refractivity (Wildman–Crippen MR) is 47.8 cm³/mol. The number of hydrogen-bond donors (Lipinski definition) is 1. The molecule has 0 spiro atoms. The van der Waals surface area contributed by atoms with Crippen molar-refractivity contribution in [1.29, 1.82) is 0 Å². The Balaban J connectivity index is 3.13. The van der Waals surface area contributed by atoms with Crippen molar-refractivity contribution in [1.82, 2.24) is 0 Å². The van der Waals surface area contributed by atoms with E-state index in [1.807, 2.05) is 0 Å². The largest absolute Gasteiger partial charge is 0.323 e. The molecule has 0 saturated heterocycles. The second-order valence-electron chi connectivity index (χ2n) is 2.34. The van der Waals surface area contributed by atoms with E-state index in [9.17, 15) is 4.39 Å². The van der Waals surface area contributed by atoms with Gasteiger partial charge in [0, 0.05) is 5.56 Å². The van der Waals surface area contributed by atoms with Gasteiger partial charge in [-0.1, -0.05) is 17.7 Å². The Kier molecular flexibility index (Phi) is 2.65. The number of nitrogens with two attached hydrogens (primary N) is 1. The summed E-state index contributed by atoms with van der Waals surface area (Å²) >= 11 is 5.48. The minimum atomic E-state index is -0.461. The summed E-state index contributed by atoms with van der Waals surface area (Å²) in [6.45, 7) is 1.70. The van der Waals surface area contributed by atoms with Gasteiger partial charge in [0.05, 0.1) is 10.7 Å². The first-order chi connectivity index (χ1) is 5.65. The number of rotatable bonds is 1. The van der Waals surface area contributed by atoms with E-state index in [0.717, 1.165) is 0 Å². The van der Waals surface area contributed by atoms with Crippen LogP contribution in [0.25, 0.3) is 0 Å². The molecule has 0 fully saturated rings. The van der Waals surface area contributed by atoms with Gasteiger partial charge in [0.25, 0.3) is 0 Å². The number of halogens is 2. The van der Waals surface area contributed by atoms with Crippen molar-refractivity contribution in [3.05, 3.63) is 34.6 Å². The topological polar surface area (TPSA) is 38.4 Å². The Bertz CT molecular complexity index is 323. The van der Waals surface area contributed by atoms with Gasteiger partial charge in [0.15, 0.2) is 0 Å². The predicted octanol–water partition coefficient (Wildman–Crippen LogP) is 2.16. The first kappa shape index (κ1) is 9.00. The fourth-order valence-electron chi connectivity index (χ4n) is 0.796. The summed E-state index contributed by atoms with van der Waals surface area (Å²) in [4.78, 5) is 0. The Morgan fingerprint density at radius 3 is 2.75 bits per heavy atom. The Hall–Kier alpha value is -1.09. The highest BCUT2D eigenvalue weighted by Gasteiger charge is 2.02. The summed E-state index contributed by atoms with van der Waals surface area (Å²) in [6, 6.07) is 4.44. The molecule has 0 aliphatic heterocycles. The molecule has 4 heteroatoms. The Morgan fingerprint density at radius 1 is 1.58 bits per heavy atom. The van der Waals surface area contributed by atoms with Gasteiger partial charge in [-0.15, -0.1) is 0 Å². The highest BCUT2D eigenvalue weighted by molar-refractivity contribution is 6.30. The van der Waals surface area contributed by atoms with Crippen molar-refractivity contribution < 1.29 is 4.39 Å². The molecule has 0 heterocycles. The van der Waals surface area contributed by atoms with E-state index in [2.05, 4.69) is 5.10 Å². The molecule has 64 valence electrons. The van der Waals surface area contributed by atoms with Crippen molar-refractivity contribution in [2.45, 2.75) is 6.92 Å². The average Bonchev–Trinajstić information content (AvgIpc) is 2.08. The highest BCUT2D eigenvalue weighted by Crippen LogP contribution is 2.15. The highest BCUT2D eigenvalue weighted by atomic mass is 35.5. The lowest BCUT2D eigenvalue weighted by Gasteiger charge is -1.99. The second kappa shape index (κ2) is 3.54. The maximum absolute atomic E-state index is 12.8. The molecule has 0 amide bonds. The molecular formula is C8H8ClFN2. The molecule has 0 aliphatic rings. The molecule has 1 rings (SSSR count).